The first-order valence-corrected chi connectivity index (χ1v) is 7.88. The van der Waals surface area contributed by atoms with Crippen LogP contribution in [0.3, 0.4) is 0 Å². The molecule has 2 aromatic rings. The van der Waals surface area contributed by atoms with Crippen molar-refractivity contribution in [1.82, 2.24) is 9.55 Å². The van der Waals surface area contributed by atoms with Gasteiger partial charge >= 0.3 is 5.97 Å². The monoisotopic (exact) mass is 306 g/mol. The number of carboxylic acid groups (broad SMARTS) is 1. The Morgan fingerprint density at radius 1 is 1.48 bits per heavy atom. The second kappa shape index (κ2) is 5.68. The van der Waals surface area contributed by atoms with E-state index in [1.54, 1.807) is 0 Å². The summed E-state index contributed by atoms with van der Waals surface area (Å²) in [5.41, 5.74) is 1.91. The second-order valence-electron chi connectivity index (χ2n) is 5.74. The summed E-state index contributed by atoms with van der Waals surface area (Å²) in [4.78, 5) is 16.2. The van der Waals surface area contributed by atoms with Gasteiger partial charge in [-0.25, -0.2) is 4.98 Å². The summed E-state index contributed by atoms with van der Waals surface area (Å²) in [6.07, 6.45) is 3.59. The van der Waals surface area contributed by atoms with E-state index in [0.29, 0.717) is 5.02 Å². The van der Waals surface area contributed by atoms with Crippen molar-refractivity contribution < 1.29 is 9.90 Å². The van der Waals surface area contributed by atoms with Gasteiger partial charge in [-0.15, -0.1) is 0 Å². The van der Waals surface area contributed by atoms with Crippen LogP contribution in [0.1, 0.15) is 44.3 Å². The van der Waals surface area contributed by atoms with Gasteiger partial charge in [-0.2, -0.15) is 0 Å². The lowest BCUT2D eigenvalue weighted by atomic mass is 9.95. The lowest BCUT2D eigenvalue weighted by molar-refractivity contribution is -0.142. The highest BCUT2D eigenvalue weighted by molar-refractivity contribution is 6.31. The van der Waals surface area contributed by atoms with E-state index in [0.717, 1.165) is 49.1 Å². The molecule has 2 unspecified atom stereocenters. The van der Waals surface area contributed by atoms with Crippen molar-refractivity contribution in [3.05, 3.63) is 29.0 Å². The van der Waals surface area contributed by atoms with E-state index in [-0.39, 0.29) is 11.8 Å². The molecule has 112 valence electrons. The van der Waals surface area contributed by atoms with Gasteiger partial charge in [0.1, 0.15) is 5.82 Å². The predicted octanol–water partition coefficient (Wildman–Crippen LogP) is 4.07. The SMILES string of the molecule is CCCn1c(C2CCCC2C(=O)O)nc2cc(Cl)ccc21. The van der Waals surface area contributed by atoms with Crippen molar-refractivity contribution in [2.75, 3.05) is 0 Å². The van der Waals surface area contributed by atoms with Crippen LogP contribution >= 0.6 is 11.6 Å². The summed E-state index contributed by atoms with van der Waals surface area (Å²) in [6, 6.07) is 5.71. The molecule has 1 aliphatic rings. The van der Waals surface area contributed by atoms with E-state index in [9.17, 15) is 9.90 Å². The number of hydrogen-bond donors (Lipinski definition) is 1. The Hall–Kier alpha value is -1.55. The maximum atomic E-state index is 11.5. The fourth-order valence-electron chi connectivity index (χ4n) is 3.43. The first-order chi connectivity index (χ1) is 10.1. The van der Waals surface area contributed by atoms with Crippen molar-refractivity contribution in [3.63, 3.8) is 0 Å². The highest BCUT2D eigenvalue weighted by Crippen LogP contribution is 2.40. The van der Waals surface area contributed by atoms with Crippen LogP contribution in [0.5, 0.6) is 0 Å². The van der Waals surface area contributed by atoms with Gasteiger partial charge in [0.05, 0.1) is 17.0 Å². The van der Waals surface area contributed by atoms with E-state index < -0.39 is 5.97 Å². The van der Waals surface area contributed by atoms with Crippen molar-refractivity contribution in [2.24, 2.45) is 5.92 Å². The number of fused-ring (bicyclic) bond motifs is 1. The Morgan fingerprint density at radius 2 is 2.29 bits per heavy atom. The number of imidazole rings is 1. The molecule has 0 amide bonds. The summed E-state index contributed by atoms with van der Waals surface area (Å²) in [5.74, 6) is -0.0854. The third-order valence-electron chi connectivity index (χ3n) is 4.35. The molecule has 0 aliphatic heterocycles. The lowest BCUT2D eigenvalue weighted by Gasteiger charge is -2.17. The molecule has 5 heteroatoms. The Kier molecular flexibility index (Phi) is 3.89. The highest BCUT2D eigenvalue weighted by atomic mass is 35.5. The van der Waals surface area contributed by atoms with Crippen LogP contribution < -0.4 is 0 Å². The predicted molar refractivity (Wildman–Crippen MR) is 82.8 cm³/mol. The van der Waals surface area contributed by atoms with Gasteiger partial charge in [0.2, 0.25) is 0 Å². The smallest absolute Gasteiger partial charge is 0.307 e. The molecule has 1 aromatic carbocycles. The van der Waals surface area contributed by atoms with E-state index in [4.69, 9.17) is 16.6 Å². The van der Waals surface area contributed by atoms with Crippen molar-refractivity contribution in [1.29, 1.82) is 0 Å². The summed E-state index contributed by atoms with van der Waals surface area (Å²) in [6.45, 7) is 2.98. The van der Waals surface area contributed by atoms with Gasteiger partial charge in [-0.1, -0.05) is 24.9 Å². The third kappa shape index (κ3) is 2.53. The van der Waals surface area contributed by atoms with Crippen LogP contribution in [-0.2, 0) is 11.3 Å². The molecule has 3 rings (SSSR count). The molecule has 0 spiro atoms. The number of rotatable bonds is 4. The minimum atomic E-state index is -0.703. The topological polar surface area (TPSA) is 55.1 Å². The van der Waals surface area contributed by atoms with Crippen LogP contribution in [0.25, 0.3) is 11.0 Å². The molecule has 0 bridgehead atoms. The van der Waals surface area contributed by atoms with Gasteiger partial charge in [0.25, 0.3) is 0 Å². The zero-order valence-corrected chi connectivity index (χ0v) is 12.8. The quantitative estimate of drug-likeness (QED) is 0.926. The minimum Gasteiger partial charge on any atom is -0.481 e. The zero-order valence-electron chi connectivity index (χ0n) is 12.1. The lowest BCUT2D eigenvalue weighted by Crippen LogP contribution is -2.20. The molecule has 0 saturated heterocycles. The fourth-order valence-corrected chi connectivity index (χ4v) is 3.59. The number of hydrogen-bond acceptors (Lipinski definition) is 2. The standard InChI is InChI=1S/C16H19ClN2O2/c1-2-8-19-14-7-6-10(17)9-13(14)18-15(19)11-4-3-5-12(11)16(20)21/h6-7,9,11-12H,2-5,8H2,1H3,(H,20,21). The molecule has 2 atom stereocenters. The Balaban J connectivity index is 2.12. The molecule has 0 radical (unpaired) electrons. The molecular weight excluding hydrogens is 288 g/mol. The van der Waals surface area contributed by atoms with Gasteiger partial charge in [-0.3, -0.25) is 4.79 Å². The van der Waals surface area contributed by atoms with Gasteiger partial charge in [0.15, 0.2) is 0 Å². The second-order valence-corrected chi connectivity index (χ2v) is 6.17. The number of carboxylic acids is 1. The Labute approximate surface area is 128 Å². The van der Waals surface area contributed by atoms with E-state index in [2.05, 4.69) is 11.5 Å². The number of benzene rings is 1. The van der Waals surface area contributed by atoms with Crippen LogP contribution in [-0.4, -0.2) is 20.6 Å². The van der Waals surface area contributed by atoms with Crippen molar-refractivity contribution >= 4 is 28.6 Å². The van der Waals surface area contributed by atoms with E-state index >= 15 is 0 Å². The number of aliphatic carboxylic acids is 1. The summed E-state index contributed by atoms with van der Waals surface area (Å²) in [5, 5.41) is 10.1. The Bertz CT molecular complexity index is 680. The molecular formula is C16H19ClN2O2. The third-order valence-corrected chi connectivity index (χ3v) is 4.59. The fraction of sp³-hybridized carbons (Fsp3) is 0.500. The zero-order chi connectivity index (χ0) is 15.0. The molecule has 1 aromatic heterocycles. The molecule has 1 fully saturated rings. The number of aromatic nitrogens is 2. The molecule has 1 N–H and O–H groups in total. The van der Waals surface area contributed by atoms with Crippen LogP contribution in [0.2, 0.25) is 5.02 Å². The van der Waals surface area contributed by atoms with Crippen LogP contribution in [0.15, 0.2) is 18.2 Å². The van der Waals surface area contributed by atoms with Gasteiger partial charge in [0, 0.05) is 17.5 Å². The van der Waals surface area contributed by atoms with Gasteiger partial charge < -0.3 is 9.67 Å². The largest absolute Gasteiger partial charge is 0.481 e. The molecule has 4 nitrogen and oxygen atoms in total. The number of aryl methyl sites for hydroxylation is 1. The van der Waals surface area contributed by atoms with Crippen LogP contribution in [0.4, 0.5) is 0 Å². The number of carbonyl (C=O) groups is 1. The van der Waals surface area contributed by atoms with E-state index in [1.165, 1.54) is 0 Å². The average molecular weight is 307 g/mol. The molecule has 1 saturated carbocycles. The van der Waals surface area contributed by atoms with E-state index in [1.807, 2.05) is 18.2 Å². The van der Waals surface area contributed by atoms with Crippen LogP contribution in [0, 0.1) is 5.92 Å². The minimum absolute atomic E-state index is 0.0141. The number of halogens is 1. The first kappa shape index (κ1) is 14.4. The van der Waals surface area contributed by atoms with Gasteiger partial charge in [-0.05, 0) is 37.5 Å². The highest BCUT2D eigenvalue weighted by Gasteiger charge is 2.37. The van der Waals surface area contributed by atoms with Crippen molar-refractivity contribution in [3.8, 4) is 0 Å². The maximum absolute atomic E-state index is 11.5. The molecule has 21 heavy (non-hydrogen) atoms. The van der Waals surface area contributed by atoms with Crippen molar-refractivity contribution in [2.45, 2.75) is 45.1 Å². The summed E-state index contributed by atoms with van der Waals surface area (Å²) >= 11 is 6.05. The maximum Gasteiger partial charge on any atom is 0.307 e. The summed E-state index contributed by atoms with van der Waals surface area (Å²) in [7, 11) is 0. The Morgan fingerprint density at radius 3 is 3.00 bits per heavy atom. The molecule has 1 aliphatic carbocycles. The first-order valence-electron chi connectivity index (χ1n) is 7.50. The summed E-state index contributed by atoms with van der Waals surface area (Å²) < 4.78 is 2.18. The average Bonchev–Trinajstić information content (AvgIpc) is 3.03. The normalized spacial score (nSPS) is 22.0. The molecule has 1 heterocycles. The number of nitrogens with zero attached hydrogens (tertiary/aromatic N) is 2.